The minimum Gasteiger partial charge on any atom is -0.492 e. The maximum Gasteiger partial charge on any atom is 0.229 e. The number of benzene rings is 2. The Morgan fingerprint density at radius 3 is 2.62 bits per heavy atom. The van der Waals surface area contributed by atoms with E-state index in [9.17, 15) is 5.26 Å². The summed E-state index contributed by atoms with van der Waals surface area (Å²) in [5, 5.41) is 14.6. The Kier molecular flexibility index (Phi) is 7.91. The van der Waals surface area contributed by atoms with Crippen LogP contribution in [-0.4, -0.2) is 47.7 Å². The average Bonchev–Trinajstić information content (AvgIpc) is 3.38. The molecule has 1 aromatic heterocycles. The van der Waals surface area contributed by atoms with E-state index in [0.29, 0.717) is 30.5 Å². The van der Waals surface area contributed by atoms with Crippen molar-refractivity contribution in [2.24, 2.45) is 0 Å². The molecular weight excluding hydrogens is 428 g/mol. The van der Waals surface area contributed by atoms with E-state index in [1.165, 1.54) is 6.20 Å². The Balaban J connectivity index is 1.45. The molecule has 4 rings (SSSR count). The van der Waals surface area contributed by atoms with Crippen molar-refractivity contribution in [3.8, 4) is 11.8 Å². The number of nitriles is 1. The van der Waals surface area contributed by atoms with E-state index in [-0.39, 0.29) is 6.04 Å². The summed E-state index contributed by atoms with van der Waals surface area (Å²) >= 11 is 0. The van der Waals surface area contributed by atoms with E-state index in [1.807, 2.05) is 42.5 Å². The number of rotatable bonds is 10. The summed E-state index contributed by atoms with van der Waals surface area (Å²) in [6.07, 6.45) is 2.34. The number of aromatic nitrogens is 2. The molecule has 8 heteroatoms. The van der Waals surface area contributed by atoms with Crippen LogP contribution in [0.15, 0.2) is 60.8 Å². The first-order valence-electron chi connectivity index (χ1n) is 11.7. The molecule has 1 saturated heterocycles. The van der Waals surface area contributed by atoms with E-state index in [0.717, 1.165) is 43.1 Å². The normalized spacial score (nSPS) is 15.4. The molecule has 0 aliphatic carbocycles. The van der Waals surface area contributed by atoms with Crippen LogP contribution < -0.4 is 15.1 Å². The van der Waals surface area contributed by atoms with Gasteiger partial charge in [-0.1, -0.05) is 44.2 Å². The zero-order valence-electron chi connectivity index (χ0n) is 19.6. The van der Waals surface area contributed by atoms with Gasteiger partial charge in [-0.05, 0) is 42.9 Å². The molecule has 1 atom stereocenters. The molecule has 3 aromatic rings. The zero-order valence-corrected chi connectivity index (χ0v) is 19.6. The van der Waals surface area contributed by atoms with Crippen molar-refractivity contribution in [2.75, 3.05) is 43.2 Å². The molecule has 1 aliphatic rings. The van der Waals surface area contributed by atoms with Crippen LogP contribution in [0.3, 0.4) is 0 Å². The predicted octanol–water partition coefficient (Wildman–Crippen LogP) is 4.70. The van der Waals surface area contributed by atoms with Gasteiger partial charge in [0.1, 0.15) is 24.0 Å². The molecule has 0 radical (unpaired) electrons. The number of hydrogen-bond donors (Lipinski definition) is 1. The first-order chi connectivity index (χ1) is 16.7. The molecule has 8 nitrogen and oxygen atoms in total. The van der Waals surface area contributed by atoms with Gasteiger partial charge >= 0.3 is 0 Å². The van der Waals surface area contributed by atoms with Crippen LogP contribution in [-0.2, 0) is 4.84 Å². The van der Waals surface area contributed by atoms with E-state index < -0.39 is 0 Å². The molecule has 0 saturated carbocycles. The third kappa shape index (κ3) is 5.63. The van der Waals surface area contributed by atoms with Gasteiger partial charge in [0.15, 0.2) is 5.82 Å². The Hall–Kier alpha value is -3.67. The lowest BCUT2D eigenvalue weighted by atomic mass is 10.0. The molecule has 0 unspecified atom stereocenters. The van der Waals surface area contributed by atoms with Gasteiger partial charge < -0.3 is 15.0 Å². The van der Waals surface area contributed by atoms with Crippen LogP contribution in [0, 0.1) is 11.3 Å². The van der Waals surface area contributed by atoms with Gasteiger partial charge in [-0.2, -0.15) is 10.2 Å². The van der Waals surface area contributed by atoms with Crippen LogP contribution in [0.1, 0.15) is 37.4 Å². The molecule has 1 aliphatic heterocycles. The molecule has 0 spiro atoms. The van der Waals surface area contributed by atoms with E-state index >= 15 is 0 Å². The van der Waals surface area contributed by atoms with Crippen molar-refractivity contribution in [2.45, 2.75) is 26.3 Å². The van der Waals surface area contributed by atoms with Crippen LogP contribution in [0.4, 0.5) is 17.5 Å². The number of ether oxygens (including phenoxy) is 1. The lowest BCUT2D eigenvalue weighted by Gasteiger charge is -2.24. The van der Waals surface area contributed by atoms with Crippen LogP contribution in [0.5, 0.6) is 5.75 Å². The number of anilines is 3. The smallest absolute Gasteiger partial charge is 0.229 e. The highest BCUT2D eigenvalue weighted by Crippen LogP contribution is 2.35. The fraction of sp³-hybridized carbons (Fsp3) is 0.346. The molecule has 34 heavy (non-hydrogen) atoms. The molecule has 0 bridgehead atoms. The van der Waals surface area contributed by atoms with Crippen LogP contribution in [0.25, 0.3) is 0 Å². The molecular formula is C26H30N6O2. The topological polar surface area (TPSA) is 86.5 Å². The Morgan fingerprint density at radius 1 is 1.15 bits per heavy atom. The number of nitrogens with zero attached hydrogens (tertiary/aromatic N) is 5. The molecule has 176 valence electrons. The molecule has 1 N–H and O–H groups in total. The van der Waals surface area contributed by atoms with Crippen molar-refractivity contribution in [1.82, 2.24) is 14.9 Å². The van der Waals surface area contributed by atoms with Gasteiger partial charge in [-0.15, -0.1) is 0 Å². The van der Waals surface area contributed by atoms with Gasteiger partial charge in [0.25, 0.3) is 0 Å². The van der Waals surface area contributed by atoms with Gasteiger partial charge in [-0.3, -0.25) is 4.84 Å². The number of likely N-dealkylation sites (N-methyl/N-ethyl adjacent to an activating group) is 1. The van der Waals surface area contributed by atoms with Crippen molar-refractivity contribution in [1.29, 1.82) is 5.26 Å². The minimum atomic E-state index is -0.0103. The van der Waals surface area contributed by atoms with Gasteiger partial charge in [-0.25, -0.2) is 10.0 Å². The largest absolute Gasteiger partial charge is 0.492 e. The quantitative estimate of drug-likeness (QED) is 0.468. The summed E-state index contributed by atoms with van der Waals surface area (Å²) in [6, 6.07) is 20.0. The zero-order chi connectivity index (χ0) is 23.8. The third-order valence-corrected chi connectivity index (χ3v) is 5.87. The summed E-state index contributed by atoms with van der Waals surface area (Å²) in [5.41, 5.74) is 2.31. The summed E-state index contributed by atoms with van der Waals surface area (Å²) in [5.74, 6) is 1.67. The van der Waals surface area contributed by atoms with Gasteiger partial charge in [0.05, 0.1) is 18.8 Å². The Labute approximate surface area is 200 Å². The fourth-order valence-corrected chi connectivity index (χ4v) is 3.93. The van der Waals surface area contributed by atoms with Gasteiger partial charge in [0, 0.05) is 18.7 Å². The first kappa shape index (κ1) is 23.5. The highest BCUT2D eigenvalue weighted by Gasteiger charge is 2.31. The number of hydrogen-bond acceptors (Lipinski definition) is 8. The lowest BCUT2D eigenvalue weighted by Crippen LogP contribution is -2.27. The lowest BCUT2D eigenvalue weighted by molar-refractivity contribution is 0.156. The monoisotopic (exact) mass is 458 g/mol. The van der Waals surface area contributed by atoms with E-state index in [2.05, 4.69) is 52.2 Å². The maximum atomic E-state index is 9.63. The Bertz CT molecular complexity index is 1100. The molecule has 2 aromatic carbocycles. The van der Waals surface area contributed by atoms with E-state index in [4.69, 9.17) is 9.57 Å². The summed E-state index contributed by atoms with van der Waals surface area (Å²) < 4.78 is 5.86. The van der Waals surface area contributed by atoms with Gasteiger partial charge in [0.2, 0.25) is 5.95 Å². The SMILES string of the molecule is CCN(CC)CCOc1ccc(Nc2ncc(C#N)c(N3OCC[C@H]3c3ccccc3)n2)cc1. The van der Waals surface area contributed by atoms with Crippen LogP contribution >= 0.6 is 0 Å². The van der Waals surface area contributed by atoms with Crippen molar-refractivity contribution in [3.63, 3.8) is 0 Å². The average molecular weight is 459 g/mol. The third-order valence-electron chi connectivity index (χ3n) is 5.87. The second-order valence-corrected chi connectivity index (χ2v) is 7.94. The van der Waals surface area contributed by atoms with Crippen molar-refractivity contribution < 1.29 is 9.57 Å². The number of nitrogens with one attached hydrogen (secondary N) is 1. The maximum absolute atomic E-state index is 9.63. The van der Waals surface area contributed by atoms with Crippen molar-refractivity contribution >= 4 is 17.5 Å². The van der Waals surface area contributed by atoms with E-state index in [1.54, 1.807) is 5.06 Å². The molecule has 0 amide bonds. The predicted molar refractivity (Wildman–Crippen MR) is 132 cm³/mol. The second-order valence-electron chi connectivity index (χ2n) is 7.94. The Morgan fingerprint density at radius 2 is 1.91 bits per heavy atom. The standard InChI is InChI=1S/C26H30N6O2/c1-3-31(4-2)15-17-33-23-12-10-22(11-13-23)29-26-28-19-21(18-27)25(30-26)32-24(14-16-34-32)20-8-6-5-7-9-20/h5-13,19,24H,3-4,14-17H2,1-2H3,(H,28,29,30)/t24-/m0/s1. The minimum absolute atomic E-state index is 0.0103. The highest BCUT2D eigenvalue weighted by molar-refractivity contribution is 5.60. The summed E-state index contributed by atoms with van der Waals surface area (Å²) in [6.45, 7) is 8.45. The summed E-state index contributed by atoms with van der Waals surface area (Å²) in [4.78, 5) is 17.2. The molecule has 1 fully saturated rings. The first-order valence-corrected chi connectivity index (χ1v) is 11.7. The molecule has 2 heterocycles. The number of hydroxylamine groups is 1. The fourth-order valence-electron chi connectivity index (χ4n) is 3.93. The van der Waals surface area contributed by atoms with Crippen molar-refractivity contribution in [3.05, 3.63) is 71.9 Å². The summed E-state index contributed by atoms with van der Waals surface area (Å²) in [7, 11) is 0. The van der Waals surface area contributed by atoms with Crippen LogP contribution in [0.2, 0.25) is 0 Å². The highest BCUT2D eigenvalue weighted by atomic mass is 16.7. The second kappa shape index (κ2) is 11.5.